The van der Waals surface area contributed by atoms with E-state index in [-0.39, 0.29) is 35.8 Å². The largest absolute Gasteiger partial charge is 0.469 e. The molecule has 8 heteroatoms. The van der Waals surface area contributed by atoms with Gasteiger partial charge < -0.3 is 15.0 Å². The molecule has 1 saturated carbocycles. The van der Waals surface area contributed by atoms with Crippen molar-refractivity contribution in [3.05, 3.63) is 52.0 Å². The third kappa shape index (κ3) is 9.22. The monoisotopic (exact) mass is 541 g/mol. The molecule has 3 atom stereocenters. The van der Waals surface area contributed by atoms with E-state index >= 15 is 0 Å². The molecule has 0 spiro atoms. The van der Waals surface area contributed by atoms with E-state index in [1.165, 1.54) is 31.3 Å². The average Bonchev–Trinajstić information content (AvgIpc) is 3.61. The number of nitrogens with one attached hydrogen (secondary N) is 1. The number of aryl methyl sites for hydroxylation is 1. The Bertz CT molecular complexity index is 1050. The molecule has 1 unspecified atom stereocenters. The van der Waals surface area contributed by atoms with E-state index in [1.54, 1.807) is 5.38 Å². The number of carbonyl (C=O) groups excluding carboxylic acids is 3. The summed E-state index contributed by atoms with van der Waals surface area (Å²) in [5.74, 6) is 0.448. The molecule has 208 valence electrons. The van der Waals surface area contributed by atoms with Crippen LogP contribution in [0.15, 0.2) is 35.7 Å². The molecule has 0 bridgehead atoms. The number of esters is 1. The Morgan fingerprint density at radius 2 is 1.87 bits per heavy atom. The minimum atomic E-state index is -0.336. The minimum Gasteiger partial charge on any atom is -0.469 e. The van der Waals surface area contributed by atoms with Crippen LogP contribution in [0, 0.1) is 17.8 Å². The number of nitrogens with zero attached hydrogens (tertiary/aromatic N) is 2. The molecule has 38 heavy (non-hydrogen) atoms. The first-order valence-corrected chi connectivity index (χ1v) is 14.7. The van der Waals surface area contributed by atoms with E-state index < -0.39 is 0 Å². The summed E-state index contributed by atoms with van der Waals surface area (Å²) in [6.07, 6.45) is 6.78. The summed E-state index contributed by atoms with van der Waals surface area (Å²) in [7, 11) is 3.30. The quantitative estimate of drug-likeness (QED) is 0.310. The molecule has 2 aromatic rings. The summed E-state index contributed by atoms with van der Waals surface area (Å²) in [6.45, 7) is 6.12. The molecular formula is C30H43N3O4S. The molecule has 1 N–H and O–H groups in total. The van der Waals surface area contributed by atoms with Crippen molar-refractivity contribution in [3.63, 3.8) is 0 Å². The van der Waals surface area contributed by atoms with Crippen LogP contribution in [0.1, 0.15) is 80.4 Å². The lowest BCUT2D eigenvalue weighted by Crippen LogP contribution is -2.40. The van der Waals surface area contributed by atoms with Gasteiger partial charge in [-0.25, -0.2) is 4.98 Å². The molecule has 1 aliphatic carbocycles. The van der Waals surface area contributed by atoms with Gasteiger partial charge in [-0.2, -0.15) is 0 Å². The fraction of sp³-hybridized carbons (Fsp3) is 0.600. The van der Waals surface area contributed by atoms with E-state index in [0.717, 1.165) is 29.3 Å². The first-order valence-electron chi connectivity index (χ1n) is 13.8. The van der Waals surface area contributed by atoms with Gasteiger partial charge in [0.2, 0.25) is 5.91 Å². The van der Waals surface area contributed by atoms with Gasteiger partial charge in [0.05, 0.1) is 18.0 Å². The molecule has 1 fully saturated rings. The Kier molecular flexibility index (Phi) is 11.3. The summed E-state index contributed by atoms with van der Waals surface area (Å²) >= 11 is 1.48. The highest BCUT2D eigenvalue weighted by Crippen LogP contribution is 2.33. The number of carbonyl (C=O) groups is 3. The van der Waals surface area contributed by atoms with Gasteiger partial charge in [0.15, 0.2) is 0 Å². The van der Waals surface area contributed by atoms with Gasteiger partial charge in [0.1, 0.15) is 5.69 Å². The van der Waals surface area contributed by atoms with Gasteiger partial charge in [0.25, 0.3) is 5.91 Å². The van der Waals surface area contributed by atoms with E-state index in [0.29, 0.717) is 37.3 Å². The second kappa shape index (κ2) is 14.4. The smallest absolute Gasteiger partial charge is 0.308 e. The van der Waals surface area contributed by atoms with Crippen molar-refractivity contribution in [2.75, 3.05) is 14.2 Å². The van der Waals surface area contributed by atoms with Crippen LogP contribution in [0.25, 0.3) is 0 Å². The van der Waals surface area contributed by atoms with E-state index in [4.69, 9.17) is 4.74 Å². The SMILES string of the molecule is COC(=O)[C@@H](C)C[C@H](Cc1ccccc1)NC(=O)c1csc(CCC(C(C)C)N(C)C(=O)CCC2CC2)n1. The Balaban J connectivity index is 1.59. The number of amides is 2. The number of rotatable bonds is 15. The maximum absolute atomic E-state index is 13.1. The summed E-state index contributed by atoms with van der Waals surface area (Å²) < 4.78 is 4.89. The second-order valence-electron chi connectivity index (χ2n) is 11.0. The molecule has 0 aliphatic heterocycles. The molecule has 0 saturated heterocycles. The van der Waals surface area contributed by atoms with Crippen molar-refractivity contribution in [2.45, 2.75) is 84.2 Å². The lowest BCUT2D eigenvalue weighted by atomic mass is 9.96. The first-order chi connectivity index (χ1) is 18.2. The predicted molar refractivity (Wildman–Crippen MR) is 151 cm³/mol. The molecule has 1 heterocycles. The van der Waals surface area contributed by atoms with Crippen LogP contribution in [0.5, 0.6) is 0 Å². The summed E-state index contributed by atoms with van der Waals surface area (Å²) in [6, 6.07) is 9.82. The van der Waals surface area contributed by atoms with Crippen molar-refractivity contribution in [2.24, 2.45) is 17.8 Å². The van der Waals surface area contributed by atoms with Crippen molar-refractivity contribution < 1.29 is 19.1 Å². The zero-order valence-corrected chi connectivity index (χ0v) is 24.3. The number of ether oxygens (including phenoxy) is 1. The van der Waals surface area contributed by atoms with Crippen LogP contribution < -0.4 is 5.32 Å². The van der Waals surface area contributed by atoms with Crippen LogP contribution >= 0.6 is 11.3 Å². The molecule has 1 aromatic heterocycles. The number of hydrogen-bond donors (Lipinski definition) is 1. The van der Waals surface area contributed by atoms with Crippen LogP contribution in [0.2, 0.25) is 0 Å². The van der Waals surface area contributed by atoms with Crippen LogP contribution in [-0.4, -0.2) is 53.9 Å². The molecule has 2 amide bonds. The fourth-order valence-electron chi connectivity index (χ4n) is 4.95. The lowest BCUT2D eigenvalue weighted by molar-refractivity contribution is -0.145. The van der Waals surface area contributed by atoms with Gasteiger partial charge in [-0.1, -0.05) is 63.9 Å². The minimum absolute atomic E-state index is 0.137. The Hall–Kier alpha value is -2.74. The van der Waals surface area contributed by atoms with E-state index in [9.17, 15) is 14.4 Å². The maximum atomic E-state index is 13.1. The number of thiazole rings is 1. The van der Waals surface area contributed by atoms with E-state index in [2.05, 4.69) is 24.1 Å². The number of hydrogen-bond acceptors (Lipinski definition) is 6. The van der Waals surface area contributed by atoms with Crippen LogP contribution in [-0.2, 0) is 27.2 Å². The number of aromatic nitrogens is 1. The average molecular weight is 542 g/mol. The van der Waals surface area contributed by atoms with Gasteiger partial charge in [-0.3, -0.25) is 14.4 Å². The highest BCUT2D eigenvalue weighted by atomic mass is 32.1. The molecule has 0 radical (unpaired) electrons. The molecule has 7 nitrogen and oxygen atoms in total. The summed E-state index contributed by atoms with van der Waals surface area (Å²) in [5, 5.41) is 5.78. The Labute approximate surface area is 231 Å². The van der Waals surface area contributed by atoms with Gasteiger partial charge in [-0.15, -0.1) is 11.3 Å². The highest BCUT2D eigenvalue weighted by Gasteiger charge is 2.27. The standard InChI is InChI=1S/C30H43N3O4S/c1-20(2)26(33(4)28(34)16-13-22-11-12-22)14-15-27-32-25(19-38-27)29(35)31-24(17-21(3)30(36)37-5)18-23-9-7-6-8-10-23/h6-10,19-22,24,26H,11-18H2,1-5H3,(H,31,35)/t21-,24+,26?/m0/s1. The zero-order chi connectivity index (χ0) is 27.7. The molecular weight excluding hydrogens is 498 g/mol. The third-order valence-corrected chi connectivity index (χ3v) is 8.37. The predicted octanol–water partition coefficient (Wildman–Crippen LogP) is 5.29. The lowest BCUT2D eigenvalue weighted by Gasteiger charge is -2.31. The fourth-order valence-corrected chi connectivity index (χ4v) is 5.74. The second-order valence-corrected chi connectivity index (χ2v) is 11.9. The Morgan fingerprint density at radius 1 is 1.16 bits per heavy atom. The molecule has 3 rings (SSSR count). The van der Waals surface area contributed by atoms with Crippen molar-refractivity contribution >= 4 is 29.1 Å². The maximum Gasteiger partial charge on any atom is 0.308 e. The topological polar surface area (TPSA) is 88.6 Å². The van der Waals surface area contributed by atoms with Gasteiger partial charge >= 0.3 is 5.97 Å². The summed E-state index contributed by atoms with van der Waals surface area (Å²) in [5.41, 5.74) is 1.48. The summed E-state index contributed by atoms with van der Waals surface area (Å²) in [4.78, 5) is 44.4. The molecule has 1 aliphatic rings. The number of benzene rings is 1. The van der Waals surface area contributed by atoms with Crippen LogP contribution in [0.3, 0.4) is 0 Å². The Morgan fingerprint density at radius 3 is 2.50 bits per heavy atom. The molecule has 1 aromatic carbocycles. The van der Waals surface area contributed by atoms with Crippen LogP contribution in [0.4, 0.5) is 0 Å². The van der Waals surface area contributed by atoms with Crippen molar-refractivity contribution in [1.29, 1.82) is 0 Å². The van der Waals surface area contributed by atoms with Crippen molar-refractivity contribution in [1.82, 2.24) is 15.2 Å². The zero-order valence-electron chi connectivity index (χ0n) is 23.4. The van der Waals surface area contributed by atoms with Gasteiger partial charge in [-0.05, 0) is 43.1 Å². The third-order valence-electron chi connectivity index (χ3n) is 7.46. The van der Waals surface area contributed by atoms with Gasteiger partial charge in [0, 0.05) is 37.4 Å². The highest BCUT2D eigenvalue weighted by molar-refractivity contribution is 7.09. The normalized spacial score (nSPS) is 15.5. The first kappa shape index (κ1) is 29.8. The van der Waals surface area contributed by atoms with Crippen molar-refractivity contribution in [3.8, 4) is 0 Å². The van der Waals surface area contributed by atoms with E-state index in [1.807, 2.05) is 49.2 Å². The number of methoxy groups -OCH3 is 1.